The highest BCUT2D eigenvalue weighted by Crippen LogP contribution is 2.27. The van der Waals surface area contributed by atoms with Gasteiger partial charge in [0.1, 0.15) is 0 Å². The number of hydrogen-bond acceptors (Lipinski definition) is 3. The van der Waals surface area contributed by atoms with Crippen LogP contribution in [0, 0.1) is 11.8 Å². The molecule has 2 unspecified atom stereocenters. The molecule has 88 valence electrons. The van der Waals surface area contributed by atoms with Gasteiger partial charge in [-0.3, -0.25) is 0 Å². The zero-order chi connectivity index (χ0) is 10.5. The van der Waals surface area contributed by atoms with Crippen molar-refractivity contribution in [3.63, 3.8) is 0 Å². The summed E-state index contributed by atoms with van der Waals surface area (Å²) in [7, 11) is 0. The van der Waals surface area contributed by atoms with Crippen molar-refractivity contribution in [2.45, 2.75) is 32.2 Å². The first-order chi connectivity index (χ1) is 7.40. The predicted molar refractivity (Wildman–Crippen MR) is 62.0 cm³/mol. The molecule has 0 spiro atoms. The molecule has 0 amide bonds. The van der Waals surface area contributed by atoms with Crippen LogP contribution in [0.3, 0.4) is 0 Å². The van der Waals surface area contributed by atoms with Crippen LogP contribution in [-0.4, -0.2) is 38.9 Å². The summed E-state index contributed by atoms with van der Waals surface area (Å²) < 4.78 is 5.54. The monoisotopic (exact) mass is 212 g/mol. The second-order valence-corrected chi connectivity index (χ2v) is 4.96. The van der Waals surface area contributed by atoms with E-state index in [1.165, 1.54) is 25.8 Å². The summed E-state index contributed by atoms with van der Waals surface area (Å²) >= 11 is 0. The Labute approximate surface area is 93.0 Å². The largest absolute Gasteiger partial charge is 0.379 e. The fourth-order valence-corrected chi connectivity index (χ4v) is 2.15. The van der Waals surface area contributed by atoms with Crippen molar-refractivity contribution in [2.75, 3.05) is 32.8 Å². The van der Waals surface area contributed by atoms with E-state index in [1.807, 2.05) is 0 Å². The molecule has 2 aliphatic rings. The Hall–Kier alpha value is -0.120. The Balaban J connectivity index is 1.60. The molecular weight excluding hydrogens is 188 g/mol. The van der Waals surface area contributed by atoms with E-state index >= 15 is 0 Å². The van der Waals surface area contributed by atoms with Crippen LogP contribution in [0.4, 0.5) is 0 Å². The molecular formula is C12H24N2O. The summed E-state index contributed by atoms with van der Waals surface area (Å²) in [6.07, 6.45) is 4.08. The second kappa shape index (κ2) is 5.83. The molecule has 3 nitrogen and oxygen atoms in total. The van der Waals surface area contributed by atoms with Gasteiger partial charge in [-0.1, -0.05) is 6.92 Å². The molecule has 2 rings (SSSR count). The molecule has 2 fully saturated rings. The third-order valence-electron chi connectivity index (χ3n) is 3.39. The highest BCUT2D eigenvalue weighted by atomic mass is 16.5. The second-order valence-electron chi connectivity index (χ2n) is 4.96. The molecule has 3 heteroatoms. The Kier molecular flexibility index (Phi) is 4.42. The number of ether oxygens (including phenoxy) is 1. The van der Waals surface area contributed by atoms with Gasteiger partial charge >= 0.3 is 0 Å². The van der Waals surface area contributed by atoms with Gasteiger partial charge in [0.25, 0.3) is 0 Å². The lowest BCUT2D eigenvalue weighted by molar-refractivity contribution is 0.182. The summed E-state index contributed by atoms with van der Waals surface area (Å²) in [6, 6.07) is 0.580. The van der Waals surface area contributed by atoms with Crippen molar-refractivity contribution >= 4 is 0 Å². The van der Waals surface area contributed by atoms with Crippen LogP contribution in [0.1, 0.15) is 26.2 Å². The Morgan fingerprint density at radius 3 is 2.80 bits per heavy atom. The fraction of sp³-hybridized carbons (Fsp3) is 1.00. The van der Waals surface area contributed by atoms with Crippen LogP contribution in [0.25, 0.3) is 0 Å². The first-order valence-electron chi connectivity index (χ1n) is 6.42. The van der Waals surface area contributed by atoms with E-state index in [-0.39, 0.29) is 0 Å². The van der Waals surface area contributed by atoms with Crippen LogP contribution in [-0.2, 0) is 4.74 Å². The van der Waals surface area contributed by atoms with Crippen molar-refractivity contribution < 1.29 is 4.74 Å². The van der Waals surface area contributed by atoms with E-state index in [0.717, 1.165) is 32.2 Å². The molecule has 0 aromatic carbocycles. The number of rotatable bonds is 7. The van der Waals surface area contributed by atoms with Crippen LogP contribution in [0.5, 0.6) is 0 Å². The highest BCUT2D eigenvalue weighted by Gasteiger charge is 2.28. The first-order valence-corrected chi connectivity index (χ1v) is 6.42. The maximum Gasteiger partial charge on any atom is 0.0623 e. The SMILES string of the molecule is CCCNC1COCC1CNCC1CC1. The van der Waals surface area contributed by atoms with E-state index in [9.17, 15) is 0 Å². The lowest BCUT2D eigenvalue weighted by atomic mass is 10.0. The summed E-state index contributed by atoms with van der Waals surface area (Å²) in [4.78, 5) is 0. The van der Waals surface area contributed by atoms with Gasteiger partial charge < -0.3 is 15.4 Å². The van der Waals surface area contributed by atoms with E-state index in [1.54, 1.807) is 0 Å². The highest BCUT2D eigenvalue weighted by molar-refractivity contribution is 4.84. The summed E-state index contributed by atoms with van der Waals surface area (Å²) in [5.74, 6) is 1.66. The van der Waals surface area contributed by atoms with Gasteiger partial charge in [0.15, 0.2) is 0 Å². The molecule has 0 bridgehead atoms. The molecule has 1 saturated heterocycles. The smallest absolute Gasteiger partial charge is 0.0623 e. The van der Waals surface area contributed by atoms with Crippen LogP contribution in [0.15, 0.2) is 0 Å². The Morgan fingerprint density at radius 2 is 2.07 bits per heavy atom. The van der Waals surface area contributed by atoms with E-state index in [0.29, 0.717) is 12.0 Å². The third-order valence-corrected chi connectivity index (χ3v) is 3.39. The lowest BCUT2D eigenvalue weighted by Crippen LogP contribution is -2.40. The van der Waals surface area contributed by atoms with Crippen LogP contribution < -0.4 is 10.6 Å². The van der Waals surface area contributed by atoms with E-state index in [2.05, 4.69) is 17.6 Å². The molecule has 0 radical (unpaired) electrons. The van der Waals surface area contributed by atoms with Gasteiger partial charge in [-0.2, -0.15) is 0 Å². The minimum Gasteiger partial charge on any atom is -0.379 e. The molecule has 2 atom stereocenters. The van der Waals surface area contributed by atoms with Gasteiger partial charge in [-0.15, -0.1) is 0 Å². The molecule has 1 heterocycles. The molecule has 2 N–H and O–H groups in total. The van der Waals surface area contributed by atoms with Crippen LogP contribution in [0.2, 0.25) is 0 Å². The molecule has 0 aromatic heterocycles. The normalized spacial score (nSPS) is 31.0. The minimum atomic E-state index is 0.580. The maximum atomic E-state index is 5.54. The Bertz CT molecular complexity index is 182. The molecule has 15 heavy (non-hydrogen) atoms. The topological polar surface area (TPSA) is 33.3 Å². The van der Waals surface area contributed by atoms with Gasteiger partial charge in [-0.05, 0) is 38.3 Å². The first kappa shape index (κ1) is 11.4. The quantitative estimate of drug-likeness (QED) is 0.660. The maximum absolute atomic E-state index is 5.54. The van der Waals surface area contributed by atoms with Gasteiger partial charge in [0.2, 0.25) is 0 Å². The average molecular weight is 212 g/mol. The summed E-state index contributed by atoms with van der Waals surface area (Å²) in [6.45, 7) is 7.50. The lowest BCUT2D eigenvalue weighted by Gasteiger charge is -2.19. The third kappa shape index (κ3) is 3.74. The Morgan fingerprint density at radius 1 is 1.20 bits per heavy atom. The van der Waals surface area contributed by atoms with Crippen LogP contribution >= 0.6 is 0 Å². The van der Waals surface area contributed by atoms with Crippen molar-refractivity contribution in [1.29, 1.82) is 0 Å². The molecule has 0 aromatic rings. The van der Waals surface area contributed by atoms with Crippen molar-refractivity contribution in [2.24, 2.45) is 11.8 Å². The van der Waals surface area contributed by atoms with Crippen molar-refractivity contribution in [3.8, 4) is 0 Å². The summed E-state index contributed by atoms with van der Waals surface area (Å²) in [5, 5.41) is 7.15. The summed E-state index contributed by atoms with van der Waals surface area (Å²) in [5.41, 5.74) is 0. The fourth-order valence-electron chi connectivity index (χ4n) is 2.15. The standard InChI is InChI=1S/C12H24N2O/c1-2-5-14-12-9-15-8-11(12)7-13-6-10-3-4-10/h10-14H,2-9H2,1H3. The van der Waals surface area contributed by atoms with Gasteiger partial charge in [-0.25, -0.2) is 0 Å². The zero-order valence-corrected chi connectivity index (χ0v) is 9.80. The number of nitrogens with one attached hydrogen (secondary N) is 2. The van der Waals surface area contributed by atoms with Crippen molar-refractivity contribution in [1.82, 2.24) is 10.6 Å². The van der Waals surface area contributed by atoms with Gasteiger partial charge in [0.05, 0.1) is 13.2 Å². The number of hydrogen-bond donors (Lipinski definition) is 2. The molecule has 1 saturated carbocycles. The predicted octanol–water partition coefficient (Wildman–Crippen LogP) is 1.00. The van der Waals surface area contributed by atoms with E-state index < -0.39 is 0 Å². The van der Waals surface area contributed by atoms with Crippen molar-refractivity contribution in [3.05, 3.63) is 0 Å². The minimum absolute atomic E-state index is 0.580. The van der Waals surface area contributed by atoms with E-state index in [4.69, 9.17) is 4.74 Å². The molecule has 1 aliphatic carbocycles. The van der Waals surface area contributed by atoms with Gasteiger partial charge in [0, 0.05) is 18.5 Å². The zero-order valence-electron chi connectivity index (χ0n) is 9.80. The molecule has 1 aliphatic heterocycles. The average Bonchev–Trinajstić information content (AvgIpc) is 2.95.